The molecular weight excluding hydrogens is 340 g/mol. The molecule has 0 radical (unpaired) electrons. The van der Waals surface area contributed by atoms with Crippen LogP contribution in [-0.4, -0.2) is 14.9 Å². The summed E-state index contributed by atoms with van der Waals surface area (Å²) >= 11 is 0. The third-order valence-corrected chi connectivity index (χ3v) is 5.08. The molecule has 0 atom stereocenters. The zero-order chi connectivity index (χ0) is 19.3. The van der Waals surface area contributed by atoms with E-state index in [0.29, 0.717) is 22.3 Å². The van der Waals surface area contributed by atoms with Crippen LogP contribution in [0.25, 0.3) is 32.8 Å². The molecule has 0 aliphatic heterocycles. The molecule has 6 nitrogen and oxygen atoms in total. The number of rotatable bonds is 2. The first-order chi connectivity index (χ1) is 12.9. The van der Waals surface area contributed by atoms with Crippen LogP contribution >= 0.6 is 0 Å². The van der Waals surface area contributed by atoms with Crippen LogP contribution in [-0.2, 0) is 0 Å². The molecule has 0 saturated carbocycles. The fourth-order valence-corrected chi connectivity index (χ4v) is 3.69. The van der Waals surface area contributed by atoms with Crippen LogP contribution < -0.4 is 5.73 Å². The lowest BCUT2D eigenvalue weighted by atomic mass is 9.95. The standard InChI is InChI=1S/C21H18N4O2/c1-11-4-5-15-10-24-20(13(3)18(15)19(11)22)16-7-6-14-9-23-8-12(2)17(14)21(16)25(26)27/h4-10H,22H2,1-3H3. The molecule has 27 heavy (non-hydrogen) atoms. The van der Waals surface area contributed by atoms with Gasteiger partial charge in [0.05, 0.1) is 21.6 Å². The van der Waals surface area contributed by atoms with E-state index in [2.05, 4.69) is 9.97 Å². The third-order valence-electron chi connectivity index (χ3n) is 5.08. The predicted octanol–water partition coefficient (Wildman–Crippen LogP) is 4.87. The summed E-state index contributed by atoms with van der Waals surface area (Å²) in [5.41, 5.74) is 10.7. The van der Waals surface area contributed by atoms with Crippen molar-refractivity contribution in [2.75, 3.05) is 5.73 Å². The highest BCUT2D eigenvalue weighted by Crippen LogP contribution is 2.40. The van der Waals surface area contributed by atoms with Gasteiger partial charge < -0.3 is 5.73 Å². The molecule has 6 heteroatoms. The number of anilines is 1. The van der Waals surface area contributed by atoms with E-state index in [9.17, 15) is 10.1 Å². The predicted molar refractivity (Wildman–Crippen MR) is 108 cm³/mol. The van der Waals surface area contributed by atoms with Gasteiger partial charge in [-0.3, -0.25) is 20.1 Å². The van der Waals surface area contributed by atoms with E-state index < -0.39 is 0 Å². The summed E-state index contributed by atoms with van der Waals surface area (Å²) in [5.74, 6) is 0. The van der Waals surface area contributed by atoms with Gasteiger partial charge in [-0.15, -0.1) is 0 Å². The van der Waals surface area contributed by atoms with Crippen LogP contribution in [0.3, 0.4) is 0 Å². The Morgan fingerprint density at radius 1 is 0.926 bits per heavy atom. The molecule has 0 bridgehead atoms. The minimum Gasteiger partial charge on any atom is -0.398 e. The van der Waals surface area contributed by atoms with Crippen molar-refractivity contribution in [2.45, 2.75) is 20.8 Å². The number of aromatic nitrogens is 2. The molecule has 0 aliphatic carbocycles. The fourth-order valence-electron chi connectivity index (χ4n) is 3.69. The Morgan fingerprint density at radius 2 is 1.63 bits per heavy atom. The van der Waals surface area contributed by atoms with E-state index >= 15 is 0 Å². The van der Waals surface area contributed by atoms with Crippen LogP contribution in [0, 0.1) is 30.9 Å². The number of fused-ring (bicyclic) bond motifs is 2. The molecule has 0 fully saturated rings. The fraction of sp³-hybridized carbons (Fsp3) is 0.143. The Morgan fingerprint density at radius 3 is 2.37 bits per heavy atom. The van der Waals surface area contributed by atoms with Gasteiger partial charge in [0.15, 0.2) is 0 Å². The van der Waals surface area contributed by atoms with Crippen molar-refractivity contribution in [1.82, 2.24) is 9.97 Å². The topological polar surface area (TPSA) is 94.9 Å². The average Bonchev–Trinajstić information content (AvgIpc) is 2.64. The van der Waals surface area contributed by atoms with Gasteiger partial charge in [-0.2, -0.15) is 0 Å². The third kappa shape index (κ3) is 2.49. The molecule has 0 amide bonds. The van der Waals surface area contributed by atoms with Gasteiger partial charge in [0.1, 0.15) is 0 Å². The number of nitrogen functional groups attached to an aromatic ring is 1. The highest BCUT2D eigenvalue weighted by atomic mass is 16.6. The van der Waals surface area contributed by atoms with E-state index in [1.165, 1.54) is 0 Å². The number of nitrogens with two attached hydrogens (primary N) is 1. The van der Waals surface area contributed by atoms with Gasteiger partial charge >= 0.3 is 0 Å². The maximum Gasteiger partial charge on any atom is 0.286 e. The molecule has 2 heterocycles. The van der Waals surface area contributed by atoms with Crippen molar-refractivity contribution in [2.24, 2.45) is 0 Å². The van der Waals surface area contributed by atoms with E-state index in [1.807, 2.05) is 39.0 Å². The van der Waals surface area contributed by atoms with Crippen LogP contribution in [0.4, 0.5) is 11.4 Å². The normalized spacial score (nSPS) is 11.2. The second-order valence-electron chi connectivity index (χ2n) is 6.77. The van der Waals surface area contributed by atoms with E-state index in [1.54, 1.807) is 24.7 Å². The first kappa shape index (κ1) is 16.9. The van der Waals surface area contributed by atoms with Gasteiger partial charge in [-0.05, 0) is 43.5 Å². The molecule has 4 aromatic rings. The molecular formula is C21H18N4O2. The maximum absolute atomic E-state index is 12.0. The molecule has 2 aromatic carbocycles. The number of nitro benzene ring substituents is 1. The van der Waals surface area contributed by atoms with Crippen molar-refractivity contribution in [3.8, 4) is 11.3 Å². The Bertz CT molecular complexity index is 1250. The summed E-state index contributed by atoms with van der Waals surface area (Å²) in [4.78, 5) is 20.3. The van der Waals surface area contributed by atoms with Gasteiger partial charge in [0.2, 0.25) is 0 Å². The summed E-state index contributed by atoms with van der Waals surface area (Å²) in [5, 5.41) is 15.1. The number of nitro groups is 1. The van der Waals surface area contributed by atoms with Crippen molar-refractivity contribution >= 4 is 32.9 Å². The zero-order valence-electron chi connectivity index (χ0n) is 15.3. The van der Waals surface area contributed by atoms with Gasteiger partial charge in [-0.25, -0.2) is 0 Å². The monoisotopic (exact) mass is 358 g/mol. The van der Waals surface area contributed by atoms with E-state index in [-0.39, 0.29) is 10.6 Å². The van der Waals surface area contributed by atoms with Gasteiger partial charge in [-0.1, -0.05) is 18.2 Å². The molecule has 2 N–H and O–H groups in total. The van der Waals surface area contributed by atoms with Gasteiger partial charge in [0.25, 0.3) is 5.69 Å². The summed E-state index contributed by atoms with van der Waals surface area (Å²) in [6.45, 7) is 5.69. The molecule has 134 valence electrons. The molecule has 0 aliphatic rings. The number of nitrogens with zero attached hydrogens (tertiary/aromatic N) is 3. The van der Waals surface area contributed by atoms with Crippen LogP contribution in [0.15, 0.2) is 42.9 Å². The second kappa shape index (κ2) is 6.02. The zero-order valence-corrected chi connectivity index (χ0v) is 15.3. The van der Waals surface area contributed by atoms with Crippen molar-refractivity contribution < 1.29 is 4.92 Å². The number of pyridine rings is 2. The van der Waals surface area contributed by atoms with Crippen molar-refractivity contribution in [1.29, 1.82) is 0 Å². The SMILES string of the molecule is Cc1ccc2cnc(-c3ccc4cncc(C)c4c3[N+](=O)[O-])c(C)c2c1N. The summed E-state index contributed by atoms with van der Waals surface area (Å²) < 4.78 is 0. The molecule has 4 rings (SSSR count). The summed E-state index contributed by atoms with van der Waals surface area (Å²) in [6, 6.07) is 7.51. The lowest BCUT2D eigenvalue weighted by molar-refractivity contribution is -0.382. The summed E-state index contributed by atoms with van der Waals surface area (Å²) in [7, 11) is 0. The largest absolute Gasteiger partial charge is 0.398 e. The smallest absolute Gasteiger partial charge is 0.286 e. The minimum absolute atomic E-state index is 0.0496. The Balaban J connectivity index is 2.13. The van der Waals surface area contributed by atoms with E-state index in [4.69, 9.17) is 5.73 Å². The van der Waals surface area contributed by atoms with E-state index in [0.717, 1.165) is 32.8 Å². The highest BCUT2D eigenvalue weighted by molar-refractivity contribution is 6.03. The molecule has 0 saturated heterocycles. The number of hydrogen-bond acceptors (Lipinski definition) is 5. The Kier molecular flexibility index (Phi) is 3.77. The first-order valence-corrected chi connectivity index (χ1v) is 8.56. The molecule has 0 spiro atoms. The molecule has 2 aromatic heterocycles. The Labute approximate surface area is 155 Å². The minimum atomic E-state index is -0.338. The highest BCUT2D eigenvalue weighted by Gasteiger charge is 2.24. The van der Waals surface area contributed by atoms with Crippen molar-refractivity contribution in [3.05, 3.63) is 69.7 Å². The number of hydrogen-bond donors (Lipinski definition) is 1. The van der Waals surface area contributed by atoms with Crippen LogP contribution in [0.1, 0.15) is 16.7 Å². The van der Waals surface area contributed by atoms with Crippen LogP contribution in [0.5, 0.6) is 0 Å². The van der Waals surface area contributed by atoms with Gasteiger partial charge in [0, 0.05) is 40.4 Å². The molecule has 0 unspecified atom stereocenters. The number of benzene rings is 2. The second-order valence-corrected chi connectivity index (χ2v) is 6.77. The van der Waals surface area contributed by atoms with Crippen LogP contribution in [0.2, 0.25) is 0 Å². The number of aryl methyl sites for hydroxylation is 3. The lowest BCUT2D eigenvalue weighted by Crippen LogP contribution is -2.00. The maximum atomic E-state index is 12.0. The lowest BCUT2D eigenvalue weighted by Gasteiger charge is -2.14. The average molecular weight is 358 g/mol. The Hall–Kier alpha value is -3.54. The summed E-state index contributed by atoms with van der Waals surface area (Å²) in [6.07, 6.45) is 5.00. The quantitative estimate of drug-likeness (QED) is 0.313. The first-order valence-electron chi connectivity index (χ1n) is 8.56. The van der Waals surface area contributed by atoms with Crippen molar-refractivity contribution in [3.63, 3.8) is 0 Å².